The van der Waals surface area contributed by atoms with Gasteiger partial charge in [0.15, 0.2) is 0 Å². The van der Waals surface area contributed by atoms with Crippen molar-refractivity contribution in [2.45, 2.75) is 19.6 Å². The van der Waals surface area contributed by atoms with E-state index < -0.39 is 0 Å². The van der Waals surface area contributed by atoms with E-state index in [1.54, 1.807) is 0 Å². The Hall–Kier alpha value is -3.04. The molecular weight excluding hydrogens is 358 g/mol. The second-order valence-corrected chi connectivity index (χ2v) is 7.52. The molecule has 1 aliphatic heterocycles. The molecule has 29 heavy (non-hydrogen) atoms. The van der Waals surface area contributed by atoms with Crippen LogP contribution in [0.25, 0.3) is 11.1 Å². The molecule has 0 saturated heterocycles. The summed E-state index contributed by atoms with van der Waals surface area (Å²) in [5.74, 6) is 1.83. The van der Waals surface area contributed by atoms with Crippen LogP contribution in [0.2, 0.25) is 0 Å². The molecule has 1 aliphatic rings. The van der Waals surface area contributed by atoms with Gasteiger partial charge in [-0.25, -0.2) is 0 Å². The Bertz CT molecular complexity index is 991. The Morgan fingerprint density at radius 2 is 1.52 bits per heavy atom. The van der Waals surface area contributed by atoms with E-state index in [1.807, 2.05) is 32.0 Å². The highest BCUT2D eigenvalue weighted by atomic mass is 16.5. The van der Waals surface area contributed by atoms with Gasteiger partial charge < -0.3 is 9.47 Å². The molecule has 0 spiro atoms. The minimum Gasteiger partial charge on any atom is -0.493 e. The minimum atomic E-state index is 0.0233. The van der Waals surface area contributed by atoms with Crippen molar-refractivity contribution in [1.29, 1.82) is 0 Å². The zero-order chi connectivity index (χ0) is 20.2. The van der Waals surface area contributed by atoms with Crippen LogP contribution < -0.4 is 9.47 Å². The Morgan fingerprint density at radius 1 is 0.862 bits per heavy atom. The molecule has 1 atom stereocenters. The first-order chi connectivity index (χ1) is 14.1. The fraction of sp³-hybridized carbons (Fsp3) is 0.231. The van der Waals surface area contributed by atoms with Gasteiger partial charge in [0, 0.05) is 12.0 Å². The lowest BCUT2D eigenvalue weighted by molar-refractivity contribution is 0.0815. The second kappa shape index (κ2) is 8.54. The number of nitrogens with zero attached hydrogens (tertiary/aromatic N) is 1. The monoisotopic (exact) mass is 385 g/mol. The van der Waals surface area contributed by atoms with Crippen molar-refractivity contribution in [2.75, 3.05) is 20.7 Å². The van der Waals surface area contributed by atoms with Crippen molar-refractivity contribution in [3.63, 3.8) is 0 Å². The average molecular weight is 386 g/mol. The van der Waals surface area contributed by atoms with Gasteiger partial charge in [0.25, 0.3) is 0 Å². The molecular formula is C26H27NO2. The van der Waals surface area contributed by atoms with Crippen LogP contribution >= 0.6 is 0 Å². The van der Waals surface area contributed by atoms with E-state index in [4.69, 9.17) is 9.47 Å². The molecule has 1 heterocycles. The lowest BCUT2D eigenvalue weighted by Gasteiger charge is -2.24. The third-order valence-corrected chi connectivity index (χ3v) is 5.36. The first kappa shape index (κ1) is 19.3. The average Bonchev–Trinajstić information content (AvgIpc) is 2.76. The van der Waals surface area contributed by atoms with E-state index in [2.05, 4.69) is 72.8 Å². The minimum absolute atomic E-state index is 0.0233. The Balaban J connectivity index is 1.80. The van der Waals surface area contributed by atoms with Gasteiger partial charge in [-0.3, -0.25) is 4.90 Å². The molecule has 0 N–H and O–H groups in total. The molecule has 0 aliphatic carbocycles. The topological polar surface area (TPSA) is 21.7 Å². The van der Waals surface area contributed by atoms with Crippen LogP contribution in [0.3, 0.4) is 0 Å². The van der Waals surface area contributed by atoms with Gasteiger partial charge in [-0.2, -0.15) is 0 Å². The molecule has 0 saturated carbocycles. The fourth-order valence-corrected chi connectivity index (χ4v) is 3.62. The maximum atomic E-state index is 6.01. The molecule has 0 radical (unpaired) electrons. The largest absolute Gasteiger partial charge is 0.493 e. The molecule has 148 valence electrons. The number of ether oxygens (including phenoxy) is 2. The molecule has 0 amide bonds. The van der Waals surface area contributed by atoms with Gasteiger partial charge in [-0.15, -0.1) is 0 Å². The van der Waals surface area contributed by atoms with E-state index in [0.717, 1.165) is 17.9 Å². The van der Waals surface area contributed by atoms with E-state index in [0.29, 0.717) is 6.61 Å². The highest BCUT2D eigenvalue weighted by Crippen LogP contribution is 2.40. The molecule has 3 aromatic rings. The Morgan fingerprint density at radius 3 is 2.24 bits per heavy atom. The van der Waals surface area contributed by atoms with Crippen molar-refractivity contribution >= 4 is 11.1 Å². The molecule has 3 nitrogen and oxygen atoms in total. The Kier molecular flexibility index (Phi) is 5.68. The summed E-state index contributed by atoms with van der Waals surface area (Å²) in [7, 11) is 4.03. The maximum absolute atomic E-state index is 6.01. The Labute approximate surface area is 173 Å². The first-order valence-electron chi connectivity index (χ1n) is 10.1. The van der Waals surface area contributed by atoms with Gasteiger partial charge in [-0.05, 0) is 61.5 Å². The van der Waals surface area contributed by atoms with Gasteiger partial charge in [0.2, 0.25) is 0 Å². The van der Waals surface area contributed by atoms with Crippen LogP contribution in [0.4, 0.5) is 0 Å². The number of hydrogen-bond donors (Lipinski definition) is 0. The highest BCUT2D eigenvalue weighted by molar-refractivity contribution is 6.00. The lowest BCUT2D eigenvalue weighted by atomic mass is 9.87. The van der Waals surface area contributed by atoms with Gasteiger partial charge in [0.1, 0.15) is 17.7 Å². The quantitative estimate of drug-likeness (QED) is 0.525. The molecule has 3 aromatic carbocycles. The molecule has 4 rings (SSSR count). The van der Waals surface area contributed by atoms with Crippen LogP contribution in [0.1, 0.15) is 30.0 Å². The van der Waals surface area contributed by atoms with E-state index in [1.165, 1.54) is 27.8 Å². The van der Waals surface area contributed by atoms with Crippen molar-refractivity contribution in [1.82, 2.24) is 4.90 Å². The van der Waals surface area contributed by atoms with Crippen LogP contribution in [0.5, 0.6) is 11.5 Å². The van der Waals surface area contributed by atoms with Crippen molar-refractivity contribution in [3.8, 4) is 11.5 Å². The number of rotatable bonds is 5. The molecule has 3 heteroatoms. The standard InChI is InChI=1S/C26H27NO2/c1-19(27(2)3)29-22-15-13-21(14-16-22)26(20-9-5-4-6-10-20)24-17-18-28-25-12-8-7-11-23(24)25/h4-16,19H,17-18H2,1-3H3. The summed E-state index contributed by atoms with van der Waals surface area (Å²) in [6.45, 7) is 2.74. The number of hydrogen-bond acceptors (Lipinski definition) is 3. The van der Waals surface area contributed by atoms with Crippen LogP contribution in [0.15, 0.2) is 78.9 Å². The van der Waals surface area contributed by atoms with Crippen molar-refractivity contribution in [3.05, 3.63) is 95.6 Å². The predicted octanol–water partition coefficient (Wildman–Crippen LogP) is 5.71. The van der Waals surface area contributed by atoms with Crippen molar-refractivity contribution in [2.24, 2.45) is 0 Å². The smallest absolute Gasteiger partial charge is 0.149 e. The summed E-state index contributed by atoms with van der Waals surface area (Å²) >= 11 is 0. The van der Waals surface area contributed by atoms with Crippen LogP contribution in [-0.2, 0) is 0 Å². The normalized spacial score (nSPS) is 16.0. The van der Waals surface area contributed by atoms with E-state index in [-0.39, 0.29) is 6.23 Å². The van der Waals surface area contributed by atoms with Gasteiger partial charge >= 0.3 is 0 Å². The fourth-order valence-electron chi connectivity index (χ4n) is 3.62. The number of benzene rings is 3. The number of para-hydroxylation sites is 1. The molecule has 1 unspecified atom stereocenters. The lowest BCUT2D eigenvalue weighted by Crippen LogP contribution is -2.30. The summed E-state index contributed by atoms with van der Waals surface area (Å²) in [5, 5.41) is 0. The molecule has 0 bridgehead atoms. The highest BCUT2D eigenvalue weighted by Gasteiger charge is 2.20. The van der Waals surface area contributed by atoms with Crippen LogP contribution in [0, 0.1) is 0 Å². The SMILES string of the molecule is CC(Oc1ccc(C(=C2CCOc3ccccc32)c2ccccc2)cc1)N(C)C. The van der Waals surface area contributed by atoms with Crippen molar-refractivity contribution < 1.29 is 9.47 Å². The second-order valence-electron chi connectivity index (χ2n) is 7.52. The van der Waals surface area contributed by atoms with E-state index >= 15 is 0 Å². The molecule has 0 fully saturated rings. The third kappa shape index (κ3) is 4.20. The third-order valence-electron chi connectivity index (χ3n) is 5.36. The molecule has 0 aromatic heterocycles. The zero-order valence-electron chi connectivity index (χ0n) is 17.3. The first-order valence-corrected chi connectivity index (χ1v) is 10.1. The summed E-state index contributed by atoms with van der Waals surface area (Å²) in [5.41, 5.74) is 6.17. The van der Waals surface area contributed by atoms with Crippen LogP contribution in [-0.4, -0.2) is 31.8 Å². The summed E-state index contributed by atoms with van der Waals surface area (Å²) in [6, 6.07) is 27.4. The zero-order valence-corrected chi connectivity index (χ0v) is 17.3. The summed E-state index contributed by atoms with van der Waals surface area (Å²) in [4.78, 5) is 2.05. The van der Waals surface area contributed by atoms with Gasteiger partial charge in [-0.1, -0.05) is 60.7 Å². The maximum Gasteiger partial charge on any atom is 0.149 e. The summed E-state index contributed by atoms with van der Waals surface area (Å²) in [6.07, 6.45) is 0.909. The predicted molar refractivity (Wildman–Crippen MR) is 119 cm³/mol. The van der Waals surface area contributed by atoms with Gasteiger partial charge in [0.05, 0.1) is 6.61 Å². The summed E-state index contributed by atoms with van der Waals surface area (Å²) < 4.78 is 11.9. The number of fused-ring (bicyclic) bond motifs is 1. The van der Waals surface area contributed by atoms with E-state index in [9.17, 15) is 0 Å².